The number of rotatable bonds is 7. The average Bonchev–Trinajstić information content (AvgIpc) is 2.77. The molecule has 0 bridgehead atoms. The van der Waals surface area contributed by atoms with Gasteiger partial charge in [0.1, 0.15) is 0 Å². The van der Waals surface area contributed by atoms with E-state index in [-0.39, 0.29) is 16.2 Å². The van der Waals surface area contributed by atoms with Gasteiger partial charge < -0.3 is 24.8 Å². The number of methoxy groups -OCH3 is 3. The van der Waals surface area contributed by atoms with Gasteiger partial charge in [0, 0.05) is 5.70 Å². The molecular weight excluding hydrogens is 436 g/mol. The number of urea groups is 1. The summed E-state index contributed by atoms with van der Waals surface area (Å²) in [6.45, 7) is 1.84. The zero-order valence-corrected chi connectivity index (χ0v) is 18.9. The number of amides is 2. The summed E-state index contributed by atoms with van der Waals surface area (Å²) in [6.07, 6.45) is 0. The molecule has 32 heavy (non-hydrogen) atoms. The van der Waals surface area contributed by atoms with Crippen molar-refractivity contribution < 1.29 is 32.2 Å². The molecule has 1 heterocycles. The van der Waals surface area contributed by atoms with E-state index in [0.29, 0.717) is 17.1 Å². The van der Waals surface area contributed by atoms with Gasteiger partial charge in [-0.25, -0.2) is 18.0 Å². The minimum Gasteiger partial charge on any atom is -0.493 e. The predicted octanol–water partition coefficient (Wildman–Crippen LogP) is 2.27. The van der Waals surface area contributed by atoms with E-state index >= 15 is 0 Å². The van der Waals surface area contributed by atoms with E-state index < -0.39 is 33.6 Å². The van der Waals surface area contributed by atoms with Gasteiger partial charge in [0.25, 0.3) is 0 Å². The van der Waals surface area contributed by atoms with Gasteiger partial charge in [0.05, 0.1) is 43.6 Å². The smallest absolute Gasteiger partial charge is 0.338 e. The van der Waals surface area contributed by atoms with Crippen LogP contribution in [0.4, 0.5) is 4.79 Å². The second kappa shape index (κ2) is 9.31. The highest BCUT2D eigenvalue weighted by Crippen LogP contribution is 2.35. The molecule has 0 unspecified atom stereocenters. The molecule has 1 aliphatic rings. The molecular formula is C22H24N2O7S. The van der Waals surface area contributed by atoms with Gasteiger partial charge in [-0.15, -0.1) is 0 Å². The van der Waals surface area contributed by atoms with Crippen LogP contribution in [0.5, 0.6) is 11.5 Å². The summed E-state index contributed by atoms with van der Waals surface area (Å²) in [5.41, 5.74) is 1.32. The SMILES string of the molecule is COC(=O)C1=C(CS(=O)(=O)c2ccc(C)cc2)NC(=O)N[C@@H]1c1ccc(OC)c(OC)c1. The molecule has 2 aromatic rings. The molecule has 0 saturated heterocycles. The van der Waals surface area contributed by atoms with Crippen LogP contribution in [0.1, 0.15) is 17.2 Å². The van der Waals surface area contributed by atoms with Crippen LogP contribution in [0.25, 0.3) is 0 Å². The molecule has 1 aliphatic heterocycles. The van der Waals surface area contributed by atoms with Crippen molar-refractivity contribution in [3.8, 4) is 11.5 Å². The van der Waals surface area contributed by atoms with E-state index in [1.807, 2.05) is 6.92 Å². The van der Waals surface area contributed by atoms with Crippen LogP contribution >= 0.6 is 0 Å². The Morgan fingerprint density at radius 1 is 1.00 bits per heavy atom. The zero-order valence-electron chi connectivity index (χ0n) is 18.1. The number of carbonyl (C=O) groups is 2. The van der Waals surface area contributed by atoms with Crippen LogP contribution in [0.15, 0.2) is 58.6 Å². The van der Waals surface area contributed by atoms with E-state index in [1.165, 1.54) is 33.5 Å². The van der Waals surface area contributed by atoms with Gasteiger partial charge in [0.2, 0.25) is 0 Å². The molecule has 9 nitrogen and oxygen atoms in total. The maximum atomic E-state index is 13.0. The number of esters is 1. The first-order chi connectivity index (χ1) is 15.2. The Hall–Kier alpha value is -3.53. The van der Waals surface area contributed by atoms with Crippen molar-refractivity contribution >= 4 is 21.8 Å². The summed E-state index contributed by atoms with van der Waals surface area (Å²) in [6, 6.07) is 9.59. The molecule has 170 valence electrons. The Morgan fingerprint density at radius 3 is 2.25 bits per heavy atom. The monoisotopic (exact) mass is 460 g/mol. The molecule has 0 radical (unpaired) electrons. The van der Waals surface area contributed by atoms with Crippen molar-refractivity contribution in [2.45, 2.75) is 17.9 Å². The molecule has 0 aromatic heterocycles. The largest absolute Gasteiger partial charge is 0.493 e. The molecule has 3 rings (SSSR count). The Bertz CT molecular complexity index is 1170. The number of aryl methyl sites for hydroxylation is 1. The standard InChI is InChI=1S/C22H24N2O7S/c1-13-5-8-15(9-6-13)32(27,28)12-16-19(21(25)31-4)20(24-22(26)23-16)14-7-10-17(29-2)18(11-14)30-3/h5-11,20H,12H2,1-4H3,(H2,23,24,26)/t20-/m1/s1. The van der Waals surface area contributed by atoms with Crippen LogP contribution in [0.3, 0.4) is 0 Å². The Morgan fingerprint density at radius 2 is 1.66 bits per heavy atom. The summed E-state index contributed by atoms with van der Waals surface area (Å²) in [5, 5.41) is 5.11. The van der Waals surface area contributed by atoms with E-state index in [2.05, 4.69) is 10.6 Å². The maximum Gasteiger partial charge on any atom is 0.338 e. The van der Waals surface area contributed by atoms with Crippen molar-refractivity contribution in [3.05, 3.63) is 64.9 Å². The maximum absolute atomic E-state index is 13.0. The lowest BCUT2D eigenvalue weighted by Crippen LogP contribution is -2.47. The normalized spacial score (nSPS) is 16.1. The minimum atomic E-state index is -3.86. The summed E-state index contributed by atoms with van der Waals surface area (Å²) < 4.78 is 41.5. The van der Waals surface area contributed by atoms with Crippen molar-refractivity contribution in [3.63, 3.8) is 0 Å². The van der Waals surface area contributed by atoms with Gasteiger partial charge >= 0.3 is 12.0 Å². The summed E-state index contributed by atoms with van der Waals surface area (Å²) in [4.78, 5) is 25.2. The Balaban J connectivity index is 2.11. The third kappa shape index (κ3) is 4.70. The van der Waals surface area contributed by atoms with Crippen LogP contribution < -0.4 is 20.1 Å². The molecule has 2 aromatic carbocycles. The molecule has 1 atom stereocenters. The number of sulfone groups is 1. The highest BCUT2D eigenvalue weighted by Gasteiger charge is 2.36. The highest BCUT2D eigenvalue weighted by atomic mass is 32.2. The molecule has 0 spiro atoms. The fraction of sp³-hybridized carbons (Fsp3) is 0.273. The van der Waals surface area contributed by atoms with Gasteiger partial charge in [-0.1, -0.05) is 23.8 Å². The first kappa shape index (κ1) is 23.1. The summed E-state index contributed by atoms with van der Waals surface area (Å²) in [7, 11) is 0.269. The van der Waals surface area contributed by atoms with Crippen molar-refractivity contribution in [1.29, 1.82) is 0 Å². The molecule has 0 saturated carbocycles. The van der Waals surface area contributed by atoms with E-state index in [0.717, 1.165) is 5.56 Å². The number of benzene rings is 2. The van der Waals surface area contributed by atoms with Crippen LogP contribution in [0, 0.1) is 6.92 Å². The second-order valence-corrected chi connectivity index (χ2v) is 9.09. The first-order valence-electron chi connectivity index (χ1n) is 9.60. The fourth-order valence-corrected chi connectivity index (χ4v) is 4.71. The van der Waals surface area contributed by atoms with E-state index in [4.69, 9.17) is 14.2 Å². The fourth-order valence-electron chi connectivity index (χ4n) is 3.38. The lowest BCUT2D eigenvalue weighted by Gasteiger charge is -2.29. The van der Waals surface area contributed by atoms with Crippen LogP contribution in [-0.2, 0) is 19.4 Å². The molecule has 0 fully saturated rings. The molecule has 2 amide bonds. The summed E-state index contributed by atoms with van der Waals surface area (Å²) in [5.74, 6) is -0.512. The van der Waals surface area contributed by atoms with Gasteiger partial charge in [0.15, 0.2) is 21.3 Å². The predicted molar refractivity (Wildman–Crippen MR) is 116 cm³/mol. The highest BCUT2D eigenvalue weighted by molar-refractivity contribution is 7.91. The number of carbonyl (C=O) groups excluding carboxylic acids is 2. The van der Waals surface area contributed by atoms with Crippen LogP contribution in [-0.4, -0.2) is 47.5 Å². The lowest BCUT2D eigenvalue weighted by atomic mass is 9.95. The van der Waals surface area contributed by atoms with Crippen LogP contribution in [0.2, 0.25) is 0 Å². The number of ether oxygens (including phenoxy) is 3. The number of hydrogen-bond donors (Lipinski definition) is 2. The summed E-state index contributed by atoms with van der Waals surface area (Å²) >= 11 is 0. The van der Waals surface area contributed by atoms with Gasteiger partial charge in [-0.2, -0.15) is 0 Å². The van der Waals surface area contributed by atoms with Gasteiger partial charge in [-0.05, 0) is 36.8 Å². The molecule has 10 heteroatoms. The second-order valence-electron chi connectivity index (χ2n) is 7.10. The number of nitrogens with one attached hydrogen (secondary N) is 2. The topological polar surface area (TPSA) is 120 Å². The molecule has 0 aliphatic carbocycles. The Labute approximate surface area is 186 Å². The van der Waals surface area contributed by atoms with Crippen molar-refractivity contribution in [1.82, 2.24) is 10.6 Å². The first-order valence-corrected chi connectivity index (χ1v) is 11.3. The average molecular weight is 461 g/mol. The Kier molecular flexibility index (Phi) is 6.73. The van der Waals surface area contributed by atoms with E-state index in [9.17, 15) is 18.0 Å². The van der Waals surface area contributed by atoms with Crippen molar-refractivity contribution in [2.75, 3.05) is 27.1 Å². The third-order valence-corrected chi connectivity index (χ3v) is 6.67. The van der Waals surface area contributed by atoms with Gasteiger partial charge in [-0.3, -0.25) is 0 Å². The zero-order chi connectivity index (χ0) is 23.5. The minimum absolute atomic E-state index is 0.0185. The number of hydrogen-bond acceptors (Lipinski definition) is 7. The van der Waals surface area contributed by atoms with E-state index in [1.54, 1.807) is 30.3 Å². The third-order valence-electron chi connectivity index (χ3n) is 5.01. The van der Waals surface area contributed by atoms with Crippen molar-refractivity contribution in [2.24, 2.45) is 0 Å². The molecule has 2 N–H and O–H groups in total. The lowest BCUT2D eigenvalue weighted by molar-refractivity contribution is -0.136. The quantitative estimate of drug-likeness (QED) is 0.608.